The number of halogens is 1. The molecule has 1 heterocycles. The highest BCUT2D eigenvalue weighted by atomic mass is 35.5. The van der Waals surface area contributed by atoms with Crippen LogP contribution in [0.25, 0.3) is 0 Å². The Bertz CT molecular complexity index is 806. The molecule has 3 rings (SSSR count). The van der Waals surface area contributed by atoms with Crippen molar-refractivity contribution in [3.8, 4) is 17.2 Å². The van der Waals surface area contributed by atoms with Crippen molar-refractivity contribution in [2.75, 3.05) is 5.32 Å². The van der Waals surface area contributed by atoms with Gasteiger partial charge in [0, 0.05) is 18.7 Å². The summed E-state index contributed by atoms with van der Waals surface area (Å²) in [6.07, 6.45) is 1.25. The monoisotopic (exact) mass is 356 g/mol. The van der Waals surface area contributed by atoms with Crippen molar-refractivity contribution in [2.45, 2.75) is 6.92 Å². The molecule has 0 saturated carbocycles. The van der Waals surface area contributed by atoms with Gasteiger partial charge in [0.05, 0.1) is 0 Å². The van der Waals surface area contributed by atoms with Crippen molar-refractivity contribution >= 4 is 11.8 Å². The predicted octanol–water partition coefficient (Wildman–Crippen LogP) is 1.22. The molecule has 0 aliphatic carbocycles. The smallest absolute Gasteiger partial charge is 0.417 e. The summed E-state index contributed by atoms with van der Waals surface area (Å²) in [6, 6.07) is 19.8. The molecule has 6 heteroatoms. The van der Waals surface area contributed by atoms with E-state index in [4.69, 9.17) is 9.47 Å². The van der Waals surface area contributed by atoms with Crippen LogP contribution < -0.4 is 32.2 Å². The Hall–Kier alpha value is -3.05. The van der Waals surface area contributed by atoms with E-state index in [1.165, 1.54) is 0 Å². The van der Waals surface area contributed by atoms with Crippen LogP contribution in [0.4, 0.5) is 10.5 Å². The van der Waals surface area contributed by atoms with Gasteiger partial charge in [-0.3, -0.25) is 5.32 Å². The predicted molar refractivity (Wildman–Crippen MR) is 90.3 cm³/mol. The minimum atomic E-state index is -0.539. The lowest BCUT2D eigenvalue weighted by atomic mass is 10.3. The number of hydrogen-bond donors (Lipinski definition) is 1. The fourth-order valence-corrected chi connectivity index (χ4v) is 2.03. The fourth-order valence-electron chi connectivity index (χ4n) is 2.03. The first-order valence-electron chi connectivity index (χ1n) is 7.49. The molecule has 0 spiro atoms. The summed E-state index contributed by atoms with van der Waals surface area (Å²) in [7, 11) is 0. The Morgan fingerprint density at radius 1 is 0.880 bits per heavy atom. The number of aromatic nitrogens is 1. The molecule has 2 N–H and O–H groups in total. The van der Waals surface area contributed by atoms with Gasteiger partial charge in [-0.05, 0) is 42.5 Å². The van der Waals surface area contributed by atoms with Gasteiger partial charge in [-0.1, -0.05) is 18.2 Å². The molecule has 0 aliphatic heterocycles. The van der Waals surface area contributed by atoms with E-state index in [9.17, 15) is 4.79 Å². The number of hydrogen-bond acceptors (Lipinski definition) is 3. The molecule has 0 radical (unpaired) electrons. The first kappa shape index (κ1) is 18.3. The number of aromatic amines is 1. The van der Waals surface area contributed by atoms with Crippen LogP contribution in [0.3, 0.4) is 0 Å². The highest BCUT2D eigenvalue weighted by Gasteiger charge is 2.06. The Morgan fingerprint density at radius 3 is 2.20 bits per heavy atom. The zero-order valence-corrected chi connectivity index (χ0v) is 14.3. The van der Waals surface area contributed by atoms with Gasteiger partial charge in [0.25, 0.3) is 0 Å². The lowest BCUT2D eigenvalue weighted by Gasteiger charge is -2.08. The molecule has 3 aromatic rings. The van der Waals surface area contributed by atoms with Crippen molar-refractivity contribution in [2.24, 2.45) is 0 Å². The summed E-state index contributed by atoms with van der Waals surface area (Å²) < 4.78 is 10.9. The first-order chi connectivity index (χ1) is 11.7. The Morgan fingerprint density at radius 2 is 1.56 bits per heavy atom. The van der Waals surface area contributed by atoms with E-state index in [1.807, 2.05) is 25.1 Å². The van der Waals surface area contributed by atoms with E-state index in [2.05, 4.69) is 10.3 Å². The van der Waals surface area contributed by atoms with Crippen LogP contribution in [-0.2, 0) is 0 Å². The van der Waals surface area contributed by atoms with Crippen molar-refractivity contribution < 1.29 is 31.7 Å². The minimum absolute atomic E-state index is 0. The van der Waals surface area contributed by atoms with E-state index < -0.39 is 6.09 Å². The van der Waals surface area contributed by atoms with Crippen LogP contribution in [0.1, 0.15) is 5.69 Å². The Balaban J connectivity index is 0.00000225. The first-order valence-corrected chi connectivity index (χ1v) is 7.49. The summed E-state index contributed by atoms with van der Waals surface area (Å²) in [6.45, 7) is 1.97. The molecule has 128 valence electrons. The molecule has 0 atom stereocenters. The van der Waals surface area contributed by atoms with Gasteiger partial charge in [-0.15, -0.1) is 0 Å². The third-order valence-corrected chi connectivity index (χ3v) is 3.23. The second-order valence-corrected chi connectivity index (χ2v) is 5.16. The molecular weight excluding hydrogens is 340 g/mol. The van der Waals surface area contributed by atoms with Gasteiger partial charge in [-0.25, -0.2) is 9.78 Å². The Kier molecular flexibility index (Phi) is 6.37. The van der Waals surface area contributed by atoms with E-state index in [0.29, 0.717) is 22.9 Å². The van der Waals surface area contributed by atoms with Gasteiger partial charge >= 0.3 is 6.09 Å². The van der Waals surface area contributed by atoms with Crippen LogP contribution >= 0.6 is 0 Å². The molecule has 0 saturated heterocycles. The molecule has 25 heavy (non-hydrogen) atoms. The molecular formula is C19H17ClN2O3. The molecule has 0 fully saturated rings. The fraction of sp³-hybridized carbons (Fsp3) is 0.0526. The summed E-state index contributed by atoms with van der Waals surface area (Å²) in [4.78, 5) is 14.9. The number of benzene rings is 2. The molecule has 1 aromatic heterocycles. The lowest BCUT2D eigenvalue weighted by molar-refractivity contribution is -0.388. The van der Waals surface area contributed by atoms with E-state index in [-0.39, 0.29) is 12.4 Å². The summed E-state index contributed by atoms with van der Waals surface area (Å²) in [5.74, 6) is 1.88. The van der Waals surface area contributed by atoms with Crippen LogP contribution in [0, 0.1) is 6.92 Å². The summed E-state index contributed by atoms with van der Waals surface area (Å²) in [5, 5.41) is 2.67. The van der Waals surface area contributed by atoms with Gasteiger partial charge < -0.3 is 21.9 Å². The number of anilines is 1. The quantitative estimate of drug-likeness (QED) is 0.764. The number of amides is 1. The second kappa shape index (κ2) is 8.70. The van der Waals surface area contributed by atoms with Crippen LogP contribution in [-0.4, -0.2) is 6.09 Å². The minimum Gasteiger partial charge on any atom is -1.00 e. The number of para-hydroxylation sites is 1. The number of ether oxygens (including phenoxy) is 2. The van der Waals surface area contributed by atoms with Crippen molar-refractivity contribution in [3.63, 3.8) is 0 Å². The largest absolute Gasteiger partial charge is 1.00 e. The lowest BCUT2D eigenvalue weighted by Crippen LogP contribution is -3.00. The average Bonchev–Trinajstić information content (AvgIpc) is 2.59. The highest BCUT2D eigenvalue weighted by molar-refractivity contribution is 5.86. The molecule has 0 unspecified atom stereocenters. The summed E-state index contributed by atoms with van der Waals surface area (Å²) in [5.41, 5.74) is 1.68. The maximum atomic E-state index is 11.8. The topological polar surface area (TPSA) is 61.7 Å². The number of carbonyl (C=O) groups excluding carboxylic acids is 1. The zero-order valence-electron chi connectivity index (χ0n) is 13.5. The third-order valence-electron chi connectivity index (χ3n) is 3.23. The number of aryl methyl sites for hydroxylation is 1. The average molecular weight is 357 g/mol. The van der Waals surface area contributed by atoms with Gasteiger partial charge in [0.1, 0.15) is 11.5 Å². The molecule has 0 aliphatic rings. The van der Waals surface area contributed by atoms with Crippen LogP contribution in [0.5, 0.6) is 17.2 Å². The molecule has 0 bridgehead atoms. The third kappa shape index (κ3) is 5.51. The molecule has 5 nitrogen and oxygen atoms in total. The second-order valence-electron chi connectivity index (χ2n) is 5.16. The van der Waals surface area contributed by atoms with Crippen molar-refractivity contribution in [3.05, 3.63) is 78.6 Å². The van der Waals surface area contributed by atoms with E-state index in [0.717, 1.165) is 5.69 Å². The van der Waals surface area contributed by atoms with Crippen LogP contribution in [0.15, 0.2) is 72.9 Å². The molecule has 1 amide bonds. The van der Waals surface area contributed by atoms with Gasteiger partial charge in [-0.2, -0.15) is 0 Å². The number of carbonyl (C=O) groups is 1. The standard InChI is InChI=1S/C19H16N2O3.ClH/c1-14-7-10-18(13-20-14)23-17-11-8-15(9-12-17)21-19(22)24-16-5-3-2-4-6-16;/h2-13H,1H3,(H,21,22);1H. The number of pyridine rings is 1. The van der Waals surface area contributed by atoms with Crippen molar-refractivity contribution in [1.82, 2.24) is 0 Å². The SMILES string of the molecule is Cc1ccc(Oc2ccc(NC(=O)Oc3ccccc3)cc2)c[nH+]1.[Cl-]. The van der Waals surface area contributed by atoms with Gasteiger partial charge in [0.2, 0.25) is 6.20 Å². The van der Waals surface area contributed by atoms with Crippen LogP contribution in [0.2, 0.25) is 0 Å². The van der Waals surface area contributed by atoms with Crippen molar-refractivity contribution in [1.29, 1.82) is 0 Å². The normalized spacial score (nSPS) is 9.64. The highest BCUT2D eigenvalue weighted by Crippen LogP contribution is 2.22. The maximum absolute atomic E-state index is 11.8. The Labute approximate surface area is 152 Å². The zero-order chi connectivity index (χ0) is 16.8. The van der Waals surface area contributed by atoms with E-state index in [1.54, 1.807) is 54.7 Å². The maximum Gasteiger partial charge on any atom is 0.417 e. The van der Waals surface area contributed by atoms with Gasteiger partial charge in [0.15, 0.2) is 11.4 Å². The number of nitrogens with one attached hydrogen (secondary N) is 2. The van der Waals surface area contributed by atoms with E-state index >= 15 is 0 Å². The number of rotatable bonds is 4. The summed E-state index contributed by atoms with van der Waals surface area (Å²) >= 11 is 0. The molecule has 2 aromatic carbocycles. The number of H-pyrrole nitrogens is 1.